The molecule has 0 bridgehead atoms. The molecule has 4 rings (SSSR count). The van der Waals surface area contributed by atoms with E-state index in [0.717, 1.165) is 10.8 Å². The van der Waals surface area contributed by atoms with Crippen LogP contribution in [-0.4, -0.2) is 24.2 Å². The lowest BCUT2D eigenvalue weighted by atomic mass is 10.1. The molecule has 0 saturated heterocycles. The fraction of sp³-hybridized carbons (Fsp3) is 0.0435. The number of rotatable bonds is 6. The second-order valence-electron chi connectivity index (χ2n) is 6.72. The number of hydrazone groups is 1. The SMILES string of the molecule is COc1cc2ccccc2cc1C(=O)NN=Cc1ccc(-c2ccc(Cl)cc2[N+](=O)[O-])o1. The first-order valence-electron chi connectivity index (χ1n) is 9.40. The Kier molecular flexibility index (Phi) is 5.87. The Balaban J connectivity index is 1.53. The molecule has 0 atom stereocenters. The number of nitro benzene ring substituents is 1. The zero-order valence-electron chi connectivity index (χ0n) is 16.7. The number of benzene rings is 3. The number of halogens is 1. The summed E-state index contributed by atoms with van der Waals surface area (Å²) in [6, 6.07) is 18.6. The molecule has 0 aliphatic rings. The minimum Gasteiger partial charge on any atom is -0.496 e. The summed E-state index contributed by atoms with van der Waals surface area (Å²) in [6.07, 6.45) is 1.30. The summed E-state index contributed by atoms with van der Waals surface area (Å²) >= 11 is 5.85. The number of nitrogens with zero attached hydrogens (tertiary/aromatic N) is 2. The summed E-state index contributed by atoms with van der Waals surface area (Å²) < 4.78 is 11.0. The van der Waals surface area contributed by atoms with Crippen molar-refractivity contribution < 1.29 is 18.9 Å². The van der Waals surface area contributed by atoms with Crippen LogP contribution in [0.2, 0.25) is 5.02 Å². The molecule has 0 unspecified atom stereocenters. The molecule has 1 heterocycles. The molecule has 8 nitrogen and oxygen atoms in total. The number of fused-ring (bicyclic) bond motifs is 1. The highest BCUT2D eigenvalue weighted by molar-refractivity contribution is 6.30. The number of hydrogen-bond donors (Lipinski definition) is 1. The van der Waals surface area contributed by atoms with Gasteiger partial charge in [0, 0.05) is 11.1 Å². The number of methoxy groups -OCH3 is 1. The molecule has 0 saturated carbocycles. The van der Waals surface area contributed by atoms with Crippen molar-refractivity contribution in [1.29, 1.82) is 0 Å². The van der Waals surface area contributed by atoms with Gasteiger partial charge in [-0.2, -0.15) is 5.10 Å². The van der Waals surface area contributed by atoms with E-state index >= 15 is 0 Å². The van der Waals surface area contributed by atoms with Gasteiger partial charge in [0.05, 0.1) is 29.4 Å². The first-order chi connectivity index (χ1) is 15.5. The summed E-state index contributed by atoms with van der Waals surface area (Å²) in [6.45, 7) is 0. The van der Waals surface area contributed by atoms with E-state index in [9.17, 15) is 14.9 Å². The van der Waals surface area contributed by atoms with Gasteiger partial charge in [-0.1, -0.05) is 35.9 Å². The van der Waals surface area contributed by atoms with Crippen molar-refractivity contribution in [1.82, 2.24) is 5.43 Å². The molecule has 0 aliphatic heterocycles. The van der Waals surface area contributed by atoms with Crippen LogP contribution in [0.4, 0.5) is 5.69 Å². The van der Waals surface area contributed by atoms with Crippen LogP contribution in [-0.2, 0) is 0 Å². The molecule has 1 N–H and O–H groups in total. The number of carbonyl (C=O) groups excluding carboxylic acids is 1. The van der Waals surface area contributed by atoms with Crippen LogP contribution >= 0.6 is 11.6 Å². The zero-order chi connectivity index (χ0) is 22.7. The molecule has 0 radical (unpaired) electrons. The summed E-state index contributed by atoms with van der Waals surface area (Å²) in [5, 5.41) is 17.3. The normalized spacial score (nSPS) is 11.1. The van der Waals surface area contributed by atoms with Crippen LogP contribution in [0.5, 0.6) is 5.75 Å². The summed E-state index contributed by atoms with van der Waals surface area (Å²) in [7, 11) is 1.49. The average Bonchev–Trinajstić information content (AvgIpc) is 3.26. The number of nitro groups is 1. The van der Waals surface area contributed by atoms with E-state index in [1.165, 1.54) is 31.5 Å². The number of hydrogen-bond acceptors (Lipinski definition) is 6. The Bertz CT molecular complexity index is 1360. The smallest absolute Gasteiger partial charge is 0.281 e. The van der Waals surface area contributed by atoms with Crippen molar-refractivity contribution in [2.75, 3.05) is 7.11 Å². The Morgan fingerprint density at radius 3 is 2.59 bits per heavy atom. The standard InChI is InChI=1S/C23H16ClN3O5/c1-31-22-11-15-5-3-2-4-14(15)10-19(22)23(28)26-25-13-17-7-9-21(32-17)18-8-6-16(24)12-20(18)27(29)30/h2-13H,1H3,(H,26,28). The molecule has 0 fully saturated rings. The van der Waals surface area contributed by atoms with Crippen LogP contribution in [0.1, 0.15) is 16.1 Å². The van der Waals surface area contributed by atoms with Crippen molar-refractivity contribution in [2.45, 2.75) is 0 Å². The maximum atomic E-state index is 12.6. The van der Waals surface area contributed by atoms with Gasteiger partial charge in [-0.05, 0) is 47.2 Å². The predicted octanol–water partition coefficient (Wildman–Crippen LogP) is 5.43. The lowest BCUT2D eigenvalue weighted by molar-refractivity contribution is -0.384. The number of ether oxygens (including phenoxy) is 1. The molecule has 3 aromatic carbocycles. The molecule has 9 heteroatoms. The van der Waals surface area contributed by atoms with Crippen LogP contribution in [0.15, 0.2) is 76.2 Å². The maximum Gasteiger partial charge on any atom is 0.281 e. The Morgan fingerprint density at radius 2 is 1.88 bits per heavy atom. The minimum absolute atomic E-state index is 0.174. The highest BCUT2D eigenvalue weighted by Crippen LogP contribution is 2.33. The number of nitrogens with one attached hydrogen (secondary N) is 1. The first kappa shape index (κ1) is 21.1. The third kappa shape index (κ3) is 4.30. The molecule has 160 valence electrons. The second kappa shape index (κ2) is 8.91. The average molecular weight is 450 g/mol. The summed E-state index contributed by atoms with van der Waals surface area (Å²) in [4.78, 5) is 23.4. The third-order valence-corrected chi connectivity index (χ3v) is 4.95. The van der Waals surface area contributed by atoms with Crippen molar-refractivity contribution in [3.05, 3.63) is 93.2 Å². The number of furan rings is 1. The van der Waals surface area contributed by atoms with Gasteiger partial charge in [0.25, 0.3) is 11.6 Å². The highest BCUT2D eigenvalue weighted by Gasteiger charge is 2.18. The van der Waals surface area contributed by atoms with E-state index in [-0.39, 0.29) is 22.0 Å². The van der Waals surface area contributed by atoms with Gasteiger partial charge in [0.2, 0.25) is 0 Å². The van der Waals surface area contributed by atoms with Gasteiger partial charge in [-0.25, -0.2) is 5.43 Å². The monoisotopic (exact) mass is 449 g/mol. The minimum atomic E-state index is -0.533. The molecule has 1 aromatic heterocycles. The van der Waals surface area contributed by atoms with Crippen molar-refractivity contribution in [3.8, 4) is 17.1 Å². The predicted molar refractivity (Wildman–Crippen MR) is 121 cm³/mol. The van der Waals surface area contributed by atoms with Gasteiger partial charge in [0.1, 0.15) is 17.3 Å². The number of amides is 1. The van der Waals surface area contributed by atoms with E-state index < -0.39 is 10.8 Å². The lowest BCUT2D eigenvalue weighted by Crippen LogP contribution is -2.18. The van der Waals surface area contributed by atoms with E-state index in [0.29, 0.717) is 17.1 Å². The highest BCUT2D eigenvalue weighted by atomic mass is 35.5. The molecule has 0 spiro atoms. The van der Waals surface area contributed by atoms with E-state index in [4.69, 9.17) is 20.8 Å². The van der Waals surface area contributed by atoms with E-state index in [1.54, 1.807) is 24.3 Å². The van der Waals surface area contributed by atoms with Crippen LogP contribution < -0.4 is 10.2 Å². The molecule has 4 aromatic rings. The fourth-order valence-corrected chi connectivity index (χ4v) is 3.38. The van der Waals surface area contributed by atoms with Gasteiger partial charge >= 0.3 is 0 Å². The quantitative estimate of drug-likeness (QED) is 0.240. The van der Waals surface area contributed by atoms with Gasteiger partial charge in [0.15, 0.2) is 0 Å². The van der Waals surface area contributed by atoms with Crippen molar-refractivity contribution in [3.63, 3.8) is 0 Å². The topological polar surface area (TPSA) is 107 Å². The summed E-state index contributed by atoms with van der Waals surface area (Å²) in [5.74, 6) is 0.545. The second-order valence-corrected chi connectivity index (χ2v) is 7.16. The van der Waals surface area contributed by atoms with E-state index in [2.05, 4.69) is 10.5 Å². The summed E-state index contributed by atoms with van der Waals surface area (Å²) in [5.41, 5.74) is 2.88. The number of carbonyl (C=O) groups is 1. The maximum absolute atomic E-state index is 12.6. The van der Waals surface area contributed by atoms with Crippen molar-refractivity contribution in [2.24, 2.45) is 5.10 Å². The molecular formula is C23H16ClN3O5. The Morgan fingerprint density at radius 1 is 1.12 bits per heavy atom. The van der Waals surface area contributed by atoms with E-state index in [1.807, 2.05) is 24.3 Å². The largest absolute Gasteiger partial charge is 0.496 e. The van der Waals surface area contributed by atoms with Gasteiger partial charge in [-0.15, -0.1) is 0 Å². The zero-order valence-corrected chi connectivity index (χ0v) is 17.5. The molecule has 32 heavy (non-hydrogen) atoms. The molecular weight excluding hydrogens is 434 g/mol. The molecule has 1 amide bonds. The van der Waals surface area contributed by atoms with Crippen molar-refractivity contribution >= 4 is 40.2 Å². The van der Waals surface area contributed by atoms with Crippen LogP contribution in [0.3, 0.4) is 0 Å². The van der Waals surface area contributed by atoms with Gasteiger partial charge in [-0.3, -0.25) is 14.9 Å². The van der Waals surface area contributed by atoms with Crippen LogP contribution in [0.25, 0.3) is 22.1 Å². The fourth-order valence-electron chi connectivity index (χ4n) is 3.21. The first-order valence-corrected chi connectivity index (χ1v) is 9.78. The van der Waals surface area contributed by atoms with Gasteiger partial charge < -0.3 is 9.15 Å². The molecule has 0 aliphatic carbocycles. The van der Waals surface area contributed by atoms with Crippen LogP contribution in [0, 0.1) is 10.1 Å². The lowest BCUT2D eigenvalue weighted by Gasteiger charge is -2.09. The Hall–Kier alpha value is -4.17. The Labute approximate surface area is 187 Å². The third-order valence-electron chi connectivity index (χ3n) is 4.72.